The Morgan fingerprint density at radius 2 is 1.89 bits per heavy atom. The zero-order valence-electron chi connectivity index (χ0n) is 17.2. The van der Waals surface area contributed by atoms with Crippen molar-refractivity contribution in [2.45, 2.75) is 40.8 Å². The van der Waals surface area contributed by atoms with Gasteiger partial charge >= 0.3 is 0 Å². The first kappa shape index (κ1) is 20.2. The second-order valence-corrected chi connectivity index (χ2v) is 8.67. The van der Waals surface area contributed by atoms with Crippen LogP contribution < -0.4 is 10.9 Å². The van der Waals surface area contributed by atoms with Crippen LogP contribution in [0, 0.1) is 27.7 Å². The lowest BCUT2D eigenvalue weighted by molar-refractivity contribution is -0.116. The number of rotatable bonds is 5. The molecular formula is C21H26N4O2S. The monoisotopic (exact) mass is 398 g/mol. The van der Waals surface area contributed by atoms with E-state index in [0.29, 0.717) is 17.8 Å². The highest BCUT2D eigenvalue weighted by atomic mass is 32.1. The Hall–Kier alpha value is -2.51. The number of thiophene rings is 1. The molecule has 1 amide bonds. The van der Waals surface area contributed by atoms with Gasteiger partial charge in [0.15, 0.2) is 0 Å². The predicted octanol–water partition coefficient (Wildman–Crippen LogP) is 3.39. The van der Waals surface area contributed by atoms with Gasteiger partial charge in [-0.1, -0.05) is 6.07 Å². The average Bonchev–Trinajstić information content (AvgIpc) is 2.88. The number of carbonyl (C=O) groups is 1. The fraction of sp³-hybridized carbons (Fsp3) is 0.381. The number of aromatic nitrogens is 2. The molecule has 0 aliphatic heterocycles. The SMILES string of the molecule is Cc1ccc(NC(=O)Cn2c(CN(C)C)nc3sc(C)c(C)c3c2=O)cc1C. The van der Waals surface area contributed by atoms with Gasteiger partial charge in [-0.15, -0.1) is 11.3 Å². The van der Waals surface area contributed by atoms with Crippen molar-refractivity contribution in [1.29, 1.82) is 0 Å². The van der Waals surface area contributed by atoms with Crippen molar-refractivity contribution in [3.8, 4) is 0 Å². The molecule has 28 heavy (non-hydrogen) atoms. The van der Waals surface area contributed by atoms with E-state index in [9.17, 15) is 9.59 Å². The molecule has 2 aromatic heterocycles. The zero-order valence-corrected chi connectivity index (χ0v) is 18.0. The van der Waals surface area contributed by atoms with Gasteiger partial charge < -0.3 is 10.2 Å². The molecule has 148 valence electrons. The summed E-state index contributed by atoms with van der Waals surface area (Å²) in [5.74, 6) is 0.357. The number of fused-ring (bicyclic) bond motifs is 1. The van der Waals surface area contributed by atoms with Gasteiger partial charge in [0.05, 0.1) is 11.9 Å². The maximum Gasteiger partial charge on any atom is 0.263 e. The molecule has 1 N–H and O–H groups in total. The van der Waals surface area contributed by atoms with Crippen LogP contribution in [0.3, 0.4) is 0 Å². The van der Waals surface area contributed by atoms with Crippen molar-refractivity contribution in [2.75, 3.05) is 19.4 Å². The average molecular weight is 399 g/mol. The van der Waals surface area contributed by atoms with E-state index in [-0.39, 0.29) is 18.0 Å². The fourth-order valence-corrected chi connectivity index (χ4v) is 4.14. The number of benzene rings is 1. The van der Waals surface area contributed by atoms with Crippen molar-refractivity contribution in [2.24, 2.45) is 0 Å². The minimum absolute atomic E-state index is 0.0633. The first-order chi connectivity index (χ1) is 13.2. The molecule has 0 aliphatic carbocycles. The van der Waals surface area contributed by atoms with Crippen LogP contribution in [0.15, 0.2) is 23.0 Å². The summed E-state index contributed by atoms with van der Waals surface area (Å²) in [6.45, 7) is 8.38. The number of hydrogen-bond donors (Lipinski definition) is 1. The van der Waals surface area contributed by atoms with Gasteiger partial charge in [0.1, 0.15) is 17.2 Å². The Morgan fingerprint density at radius 1 is 1.18 bits per heavy atom. The van der Waals surface area contributed by atoms with Gasteiger partial charge in [0.2, 0.25) is 5.91 Å². The highest BCUT2D eigenvalue weighted by Gasteiger charge is 2.18. The van der Waals surface area contributed by atoms with Gasteiger partial charge in [-0.05, 0) is 70.6 Å². The molecule has 2 heterocycles. The first-order valence-electron chi connectivity index (χ1n) is 9.18. The zero-order chi connectivity index (χ0) is 20.6. The van der Waals surface area contributed by atoms with E-state index in [0.717, 1.165) is 26.5 Å². The predicted molar refractivity (Wildman–Crippen MR) is 115 cm³/mol. The van der Waals surface area contributed by atoms with Crippen LogP contribution in [0.5, 0.6) is 0 Å². The van der Waals surface area contributed by atoms with E-state index in [4.69, 9.17) is 4.98 Å². The summed E-state index contributed by atoms with van der Waals surface area (Å²) < 4.78 is 1.50. The molecule has 3 rings (SSSR count). The van der Waals surface area contributed by atoms with Crippen molar-refractivity contribution in [1.82, 2.24) is 14.5 Å². The maximum absolute atomic E-state index is 13.2. The van der Waals surface area contributed by atoms with E-state index >= 15 is 0 Å². The van der Waals surface area contributed by atoms with Crippen LogP contribution in [0.2, 0.25) is 0 Å². The van der Waals surface area contributed by atoms with Gasteiger partial charge in [0, 0.05) is 10.6 Å². The molecule has 3 aromatic rings. The summed E-state index contributed by atoms with van der Waals surface area (Å²) in [4.78, 5) is 34.3. The number of amides is 1. The Balaban J connectivity index is 1.98. The van der Waals surface area contributed by atoms with Crippen LogP contribution in [0.4, 0.5) is 5.69 Å². The molecule has 0 saturated heterocycles. The largest absolute Gasteiger partial charge is 0.325 e. The van der Waals surface area contributed by atoms with E-state index in [1.54, 1.807) is 0 Å². The second kappa shape index (κ2) is 7.85. The minimum atomic E-state index is -0.240. The smallest absolute Gasteiger partial charge is 0.263 e. The second-order valence-electron chi connectivity index (χ2n) is 7.47. The number of carbonyl (C=O) groups excluding carboxylic acids is 1. The minimum Gasteiger partial charge on any atom is -0.325 e. The van der Waals surface area contributed by atoms with E-state index < -0.39 is 0 Å². The summed E-state index contributed by atoms with van der Waals surface area (Å²) in [7, 11) is 3.83. The fourth-order valence-electron chi connectivity index (χ4n) is 3.10. The molecule has 0 unspecified atom stereocenters. The van der Waals surface area contributed by atoms with E-state index in [2.05, 4.69) is 5.32 Å². The third kappa shape index (κ3) is 4.00. The molecule has 7 heteroatoms. The molecule has 6 nitrogen and oxygen atoms in total. The molecule has 0 spiro atoms. The standard InChI is InChI=1S/C21H26N4O2S/c1-12-7-8-16(9-13(12)2)22-18(26)11-25-17(10-24(5)6)23-20-19(21(25)27)14(3)15(4)28-20/h7-9H,10-11H2,1-6H3,(H,22,26). The van der Waals surface area contributed by atoms with Crippen LogP contribution in [-0.4, -0.2) is 34.5 Å². The van der Waals surface area contributed by atoms with E-state index in [1.165, 1.54) is 21.5 Å². The first-order valence-corrected chi connectivity index (χ1v) is 10.00. The third-order valence-corrected chi connectivity index (χ3v) is 6.02. The Labute approximate surface area is 168 Å². The lowest BCUT2D eigenvalue weighted by atomic mass is 10.1. The molecule has 0 bridgehead atoms. The van der Waals surface area contributed by atoms with Crippen LogP contribution in [0.1, 0.15) is 27.4 Å². The molecule has 0 atom stereocenters. The summed E-state index contributed by atoms with van der Waals surface area (Å²) in [5, 5.41) is 3.51. The normalized spacial score (nSPS) is 11.4. The van der Waals surface area contributed by atoms with Gasteiger partial charge in [0.25, 0.3) is 5.56 Å². The third-order valence-electron chi connectivity index (χ3n) is 4.92. The highest BCUT2D eigenvalue weighted by molar-refractivity contribution is 7.18. The van der Waals surface area contributed by atoms with Gasteiger partial charge in [-0.2, -0.15) is 0 Å². The summed E-state index contributed by atoms with van der Waals surface area (Å²) in [6, 6.07) is 5.78. The Kier molecular flexibility index (Phi) is 5.67. The van der Waals surface area contributed by atoms with Crippen molar-refractivity contribution in [3.63, 3.8) is 0 Å². The van der Waals surface area contributed by atoms with Gasteiger partial charge in [-0.25, -0.2) is 4.98 Å². The summed E-state index contributed by atoms with van der Waals surface area (Å²) >= 11 is 1.52. The number of nitrogens with zero attached hydrogens (tertiary/aromatic N) is 3. The summed E-state index contributed by atoms with van der Waals surface area (Å²) in [5.41, 5.74) is 3.79. The molecule has 0 radical (unpaired) electrons. The molecule has 0 aliphatic rings. The number of nitrogens with one attached hydrogen (secondary N) is 1. The van der Waals surface area contributed by atoms with E-state index in [1.807, 2.05) is 64.9 Å². The Morgan fingerprint density at radius 3 is 2.54 bits per heavy atom. The number of anilines is 1. The lowest BCUT2D eigenvalue weighted by Gasteiger charge is -2.16. The van der Waals surface area contributed by atoms with Crippen LogP contribution in [-0.2, 0) is 17.9 Å². The van der Waals surface area contributed by atoms with Crippen LogP contribution in [0.25, 0.3) is 10.2 Å². The Bertz CT molecular complexity index is 1110. The highest BCUT2D eigenvalue weighted by Crippen LogP contribution is 2.26. The lowest BCUT2D eigenvalue weighted by Crippen LogP contribution is -2.32. The number of hydrogen-bond acceptors (Lipinski definition) is 5. The molecule has 0 saturated carbocycles. The number of aryl methyl sites for hydroxylation is 4. The van der Waals surface area contributed by atoms with Crippen LogP contribution >= 0.6 is 11.3 Å². The topological polar surface area (TPSA) is 67.2 Å². The molecular weight excluding hydrogens is 372 g/mol. The molecule has 1 aromatic carbocycles. The molecule has 0 fully saturated rings. The van der Waals surface area contributed by atoms with Gasteiger partial charge in [-0.3, -0.25) is 14.2 Å². The van der Waals surface area contributed by atoms with Crippen molar-refractivity contribution >= 4 is 33.1 Å². The quantitative estimate of drug-likeness (QED) is 0.715. The van der Waals surface area contributed by atoms with Crippen molar-refractivity contribution in [3.05, 3.63) is 55.9 Å². The maximum atomic E-state index is 13.2. The van der Waals surface area contributed by atoms with Crippen molar-refractivity contribution < 1.29 is 4.79 Å². The summed E-state index contributed by atoms with van der Waals surface area (Å²) in [6.07, 6.45) is 0.